The maximum absolute atomic E-state index is 12.6. The number of carbonyl (C=O) groups is 2. The van der Waals surface area contributed by atoms with Crippen LogP contribution in [-0.4, -0.2) is 43.9 Å². The lowest BCUT2D eigenvalue weighted by Gasteiger charge is -2.34. The summed E-state index contributed by atoms with van der Waals surface area (Å²) in [5.41, 5.74) is 5.42. The number of hydrogen-bond acceptors (Lipinski definition) is 3. The number of carbonyl (C=O) groups excluding carboxylic acids is 2. The summed E-state index contributed by atoms with van der Waals surface area (Å²) in [5.74, 6) is 0.0200. The molecule has 0 rings (SSSR count). The van der Waals surface area contributed by atoms with Gasteiger partial charge in [0.15, 0.2) is 0 Å². The van der Waals surface area contributed by atoms with Crippen LogP contribution in [0, 0.1) is 5.41 Å². The van der Waals surface area contributed by atoms with Gasteiger partial charge in [-0.3, -0.25) is 9.59 Å². The molecule has 0 aromatic heterocycles. The molecule has 3 N–H and O–H groups in total. The molecule has 0 radical (unpaired) electrons. The number of hydrogen-bond donors (Lipinski definition) is 2. The number of nitrogens with one attached hydrogen (secondary N) is 1. The lowest BCUT2D eigenvalue weighted by atomic mass is 9.78. The van der Waals surface area contributed by atoms with Gasteiger partial charge in [-0.15, -0.1) is 0 Å². The van der Waals surface area contributed by atoms with Gasteiger partial charge in [0.2, 0.25) is 11.8 Å². The first-order valence-electron chi connectivity index (χ1n) is 7.13. The second kappa shape index (κ2) is 8.91. The molecule has 0 heterocycles. The quantitative estimate of drug-likeness (QED) is 0.660. The van der Waals surface area contributed by atoms with E-state index in [0.29, 0.717) is 19.5 Å². The topological polar surface area (TPSA) is 75.4 Å². The van der Waals surface area contributed by atoms with Gasteiger partial charge in [-0.05, 0) is 12.8 Å². The lowest BCUT2D eigenvalue weighted by molar-refractivity contribution is -0.141. The summed E-state index contributed by atoms with van der Waals surface area (Å²) in [5, 5.41) is 2.56. The van der Waals surface area contributed by atoms with Gasteiger partial charge in [-0.25, -0.2) is 0 Å². The highest BCUT2D eigenvalue weighted by Crippen LogP contribution is 2.30. The fraction of sp³-hybridized carbons (Fsp3) is 0.857. The highest BCUT2D eigenvalue weighted by molar-refractivity contribution is 5.83. The Hall–Kier alpha value is -1.10. The second-order valence-electron chi connectivity index (χ2n) is 5.13. The zero-order chi connectivity index (χ0) is 14.9. The van der Waals surface area contributed by atoms with E-state index >= 15 is 0 Å². The van der Waals surface area contributed by atoms with Crippen LogP contribution >= 0.6 is 0 Å². The number of rotatable bonds is 9. The molecule has 19 heavy (non-hydrogen) atoms. The highest BCUT2D eigenvalue weighted by Gasteiger charge is 2.37. The summed E-state index contributed by atoms with van der Waals surface area (Å²) in [6.45, 7) is 4.95. The number of nitrogens with two attached hydrogens (primary N) is 1. The SMILES string of the molecule is CCCC(CN)(CCC)C(=O)N(C)CCC(=O)NC. The Morgan fingerprint density at radius 1 is 1.21 bits per heavy atom. The van der Waals surface area contributed by atoms with Crippen molar-refractivity contribution in [1.29, 1.82) is 0 Å². The van der Waals surface area contributed by atoms with E-state index in [9.17, 15) is 9.59 Å². The van der Waals surface area contributed by atoms with Crippen molar-refractivity contribution in [3.05, 3.63) is 0 Å². The third-order valence-electron chi connectivity index (χ3n) is 3.60. The first-order chi connectivity index (χ1) is 8.97. The van der Waals surface area contributed by atoms with Crippen LogP contribution in [0.25, 0.3) is 0 Å². The second-order valence-corrected chi connectivity index (χ2v) is 5.13. The van der Waals surface area contributed by atoms with Crippen molar-refractivity contribution >= 4 is 11.8 Å². The molecule has 112 valence electrons. The van der Waals surface area contributed by atoms with Gasteiger partial charge in [0, 0.05) is 33.6 Å². The normalized spacial score (nSPS) is 11.2. The maximum atomic E-state index is 12.6. The molecule has 0 unspecified atom stereocenters. The van der Waals surface area contributed by atoms with Crippen molar-refractivity contribution in [1.82, 2.24) is 10.2 Å². The van der Waals surface area contributed by atoms with Gasteiger partial charge in [0.1, 0.15) is 0 Å². The van der Waals surface area contributed by atoms with Crippen LogP contribution in [0.5, 0.6) is 0 Å². The van der Waals surface area contributed by atoms with E-state index in [2.05, 4.69) is 19.2 Å². The number of amides is 2. The molecule has 0 aromatic rings. The molecular formula is C14H29N3O2. The highest BCUT2D eigenvalue weighted by atomic mass is 16.2. The Balaban J connectivity index is 4.73. The van der Waals surface area contributed by atoms with E-state index in [-0.39, 0.29) is 11.8 Å². The van der Waals surface area contributed by atoms with Crippen LogP contribution in [0.2, 0.25) is 0 Å². The molecule has 0 saturated carbocycles. The van der Waals surface area contributed by atoms with Crippen molar-refractivity contribution in [3.63, 3.8) is 0 Å². The van der Waals surface area contributed by atoms with Gasteiger partial charge in [-0.1, -0.05) is 26.7 Å². The molecule has 0 aromatic carbocycles. The molecule has 0 fully saturated rings. The first-order valence-corrected chi connectivity index (χ1v) is 7.13. The predicted molar refractivity (Wildman–Crippen MR) is 77.6 cm³/mol. The van der Waals surface area contributed by atoms with E-state index in [4.69, 9.17) is 5.73 Å². The van der Waals surface area contributed by atoms with E-state index in [1.165, 1.54) is 0 Å². The Morgan fingerprint density at radius 2 is 1.74 bits per heavy atom. The van der Waals surface area contributed by atoms with Gasteiger partial charge in [0.05, 0.1) is 5.41 Å². The van der Waals surface area contributed by atoms with Crippen LogP contribution in [-0.2, 0) is 9.59 Å². The minimum atomic E-state index is -0.457. The summed E-state index contributed by atoms with van der Waals surface area (Å²) in [6, 6.07) is 0. The Labute approximate surface area is 116 Å². The summed E-state index contributed by atoms with van der Waals surface area (Å²) < 4.78 is 0. The molecule has 0 aliphatic rings. The van der Waals surface area contributed by atoms with Gasteiger partial charge < -0.3 is 16.0 Å². The fourth-order valence-corrected chi connectivity index (χ4v) is 2.49. The molecule has 5 heteroatoms. The fourth-order valence-electron chi connectivity index (χ4n) is 2.49. The summed E-state index contributed by atoms with van der Waals surface area (Å²) >= 11 is 0. The van der Waals surface area contributed by atoms with Crippen LogP contribution in [0.1, 0.15) is 46.0 Å². The van der Waals surface area contributed by atoms with Gasteiger partial charge >= 0.3 is 0 Å². The molecule has 0 atom stereocenters. The van der Waals surface area contributed by atoms with Crippen molar-refractivity contribution in [2.75, 3.05) is 27.2 Å². The van der Waals surface area contributed by atoms with Crippen LogP contribution in [0.15, 0.2) is 0 Å². The van der Waals surface area contributed by atoms with Crippen molar-refractivity contribution in [2.45, 2.75) is 46.0 Å². The van der Waals surface area contributed by atoms with Crippen LogP contribution in [0.3, 0.4) is 0 Å². The summed E-state index contributed by atoms with van der Waals surface area (Å²) in [6.07, 6.45) is 3.82. The third-order valence-corrected chi connectivity index (χ3v) is 3.60. The molecule has 0 saturated heterocycles. The smallest absolute Gasteiger partial charge is 0.229 e. The van der Waals surface area contributed by atoms with Crippen molar-refractivity contribution in [2.24, 2.45) is 11.1 Å². The van der Waals surface area contributed by atoms with Crippen LogP contribution < -0.4 is 11.1 Å². The first kappa shape index (κ1) is 17.9. The van der Waals surface area contributed by atoms with E-state index in [1.54, 1.807) is 19.0 Å². The molecule has 0 spiro atoms. The Kier molecular flexibility index (Phi) is 8.39. The zero-order valence-corrected chi connectivity index (χ0v) is 12.8. The Morgan fingerprint density at radius 3 is 2.11 bits per heavy atom. The maximum Gasteiger partial charge on any atom is 0.229 e. The number of nitrogens with zero attached hydrogens (tertiary/aromatic N) is 1. The molecule has 0 bridgehead atoms. The van der Waals surface area contributed by atoms with Gasteiger partial charge in [0.25, 0.3) is 0 Å². The average molecular weight is 271 g/mol. The minimum Gasteiger partial charge on any atom is -0.359 e. The molecule has 0 aliphatic heterocycles. The zero-order valence-electron chi connectivity index (χ0n) is 12.8. The molecule has 0 aliphatic carbocycles. The van der Waals surface area contributed by atoms with Crippen molar-refractivity contribution in [3.8, 4) is 0 Å². The van der Waals surface area contributed by atoms with Crippen LogP contribution in [0.4, 0.5) is 0 Å². The van der Waals surface area contributed by atoms with E-state index < -0.39 is 5.41 Å². The van der Waals surface area contributed by atoms with E-state index in [0.717, 1.165) is 25.7 Å². The lowest BCUT2D eigenvalue weighted by Crippen LogP contribution is -2.47. The monoisotopic (exact) mass is 271 g/mol. The largest absolute Gasteiger partial charge is 0.359 e. The molecule has 5 nitrogen and oxygen atoms in total. The standard InChI is InChI=1S/C14H29N3O2/c1-5-8-14(11-15,9-6-2)13(19)17(4)10-7-12(18)16-3/h5-11,15H2,1-4H3,(H,16,18). The predicted octanol–water partition coefficient (Wildman–Crippen LogP) is 1.13. The van der Waals surface area contributed by atoms with Gasteiger partial charge in [-0.2, -0.15) is 0 Å². The average Bonchev–Trinajstić information content (AvgIpc) is 2.42. The Bertz CT molecular complexity index is 286. The van der Waals surface area contributed by atoms with E-state index in [1.807, 2.05) is 0 Å². The molecular weight excluding hydrogens is 242 g/mol. The summed E-state index contributed by atoms with van der Waals surface area (Å²) in [4.78, 5) is 25.5. The third kappa shape index (κ3) is 5.19. The van der Waals surface area contributed by atoms with Crippen molar-refractivity contribution < 1.29 is 9.59 Å². The summed E-state index contributed by atoms with van der Waals surface area (Å²) in [7, 11) is 3.35. The molecule has 2 amide bonds. The minimum absolute atomic E-state index is 0.0519.